The van der Waals surface area contributed by atoms with Crippen LogP contribution in [-0.4, -0.2) is 37.5 Å². The lowest BCUT2D eigenvalue weighted by Crippen LogP contribution is -2.32. The first-order valence-electron chi connectivity index (χ1n) is 5.50. The van der Waals surface area contributed by atoms with E-state index >= 15 is 0 Å². The van der Waals surface area contributed by atoms with Gasteiger partial charge in [0.15, 0.2) is 0 Å². The Bertz CT molecular complexity index is 505. The number of rotatable bonds is 6. The Kier molecular flexibility index (Phi) is 5.88. The zero-order chi connectivity index (χ0) is 13.8. The summed E-state index contributed by atoms with van der Waals surface area (Å²) in [5, 5.41) is 9.01. The van der Waals surface area contributed by atoms with Gasteiger partial charge in [0.25, 0.3) is 0 Å². The summed E-state index contributed by atoms with van der Waals surface area (Å²) in [5.74, 6) is 0. The second kappa shape index (κ2) is 6.73. The molecule has 0 bridgehead atoms. The summed E-state index contributed by atoms with van der Waals surface area (Å²) in [6.07, 6.45) is 0.380. The molecule has 1 aromatic carbocycles. The van der Waals surface area contributed by atoms with Crippen LogP contribution in [0.15, 0.2) is 23.1 Å². The third-order valence-electron chi connectivity index (χ3n) is 2.45. The highest BCUT2D eigenvalue weighted by Gasteiger charge is 2.25. The summed E-state index contributed by atoms with van der Waals surface area (Å²) in [4.78, 5) is -0.00328. The van der Waals surface area contributed by atoms with Gasteiger partial charge in [0.05, 0.1) is 10.0 Å². The van der Waals surface area contributed by atoms with E-state index in [0.717, 1.165) is 0 Å². The first-order valence-corrected chi connectivity index (χ1v) is 7.69. The summed E-state index contributed by atoms with van der Waals surface area (Å²) in [7, 11) is -3.67. The minimum atomic E-state index is -3.67. The van der Waals surface area contributed by atoms with Crippen molar-refractivity contribution < 1.29 is 13.5 Å². The van der Waals surface area contributed by atoms with E-state index in [1.165, 1.54) is 16.4 Å². The first kappa shape index (κ1) is 15.7. The lowest BCUT2D eigenvalue weighted by atomic mass is 10.4. The smallest absolute Gasteiger partial charge is 0.244 e. The van der Waals surface area contributed by atoms with E-state index in [-0.39, 0.29) is 28.1 Å². The second-order valence-electron chi connectivity index (χ2n) is 3.63. The van der Waals surface area contributed by atoms with Crippen LogP contribution in [-0.2, 0) is 10.0 Å². The molecule has 1 N–H and O–H groups in total. The Balaban J connectivity index is 3.15. The van der Waals surface area contributed by atoms with Crippen molar-refractivity contribution in [2.75, 3.05) is 19.7 Å². The Hall–Kier alpha value is -0.330. The standard InChI is InChI=1S/C11H15Cl2NO3S/c1-2-14(7-4-8-15)18(16,17)10-6-3-5-9(12)11(10)13/h3,5-6,15H,2,4,7-8H2,1H3. The molecule has 7 heteroatoms. The molecule has 0 aromatic heterocycles. The number of hydrogen-bond acceptors (Lipinski definition) is 3. The second-order valence-corrected chi connectivity index (χ2v) is 6.32. The summed E-state index contributed by atoms with van der Waals surface area (Å²) >= 11 is 11.7. The summed E-state index contributed by atoms with van der Waals surface area (Å²) < 4.78 is 26.0. The van der Waals surface area contributed by atoms with E-state index in [2.05, 4.69) is 0 Å². The van der Waals surface area contributed by atoms with E-state index in [1.807, 2.05) is 0 Å². The quantitative estimate of drug-likeness (QED) is 0.877. The normalized spacial score (nSPS) is 12.1. The molecule has 0 aliphatic heterocycles. The topological polar surface area (TPSA) is 57.6 Å². The number of aliphatic hydroxyl groups excluding tert-OH is 1. The number of aliphatic hydroxyl groups is 1. The lowest BCUT2D eigenvalue weighted by Gasteiger charge is -2.20. The largest absolute Gasteiger partial charge is 0.396 e. The number of hydrogen-bond donors (Lipinski definition) is 1. The molecule has 0 atom stereocenters. The molecule has 1 rings (SSSR count). The van der Waals surface area contributed by atoms with Crippen molar-refractivity contribution >= 4 is 33.2 Å². The van der Waals surface area contributed by atoms with Crippen LogP contribution in [0.1, 0.15) is 13.3 Å². The first-order chi connectivity index (χ1) is 8.45. The Morgan fingerprint density at radius 2 is 2.00 bits per heavy atom. The fourth-order valence-electron chi connectivity index (χ4n) is 1.52. The van der Waals surface area contributed by atoms with Gasteiger partial charge >= 0.3 is 0 Å². The van der Waals surface area contributed by atoms with Crippen molar-refractivity contribution in [3.8, 4) is 0 Å². The molecule has 0 amide bonds. The van der Waals surface area contributed by atoms with Crippen molar-refractivity contribution in [2.45, 2.75) is 18.2 Å². The zero-order valence-electron chi connectivity index (χ0n) is 9.94. The van der Waals surface area contributed by atoms with Gasteiger partial charge in [0.1, 0.15) is 4.90 Å². The Labute approximate surface area is 117 Å². The van der Waals surface area contributed by atoms with Gasteiger partial charge in [0, 0.05) is 19.7 Å². The fourth-order valence-corrected chi connectivity index (χ4v) is 3.74. The van der Waals surface area contributed by atoms with Crippen LogP contribution < -0.4 is 0 Å². The van der Waals surface area contributed by atoms with E-state index in [0.29, 0.717) is 13.0 Å². The highest BCUT2D eigenvalue weighted by Crippen LogP contribution is 2.30. The lowest BCUT2D eigenvalue weighted by molar-refractivity contribution is 0.271. The number of sulfonamides is 1. The van der Waals surface area contributed by atoms with Crippen molar-refractivity contribution in [1.82, 2.24) is 4.31 Å². The maximum atomic E-state index is 12.3. The highest BCUT2D eigenvalue weighted by atomic mass is 35.5. The molecule has 0 aliphatic carbocycles. The van der Waals surface area contributed by atoms with E-state index in [1.54, 1.807) is 13.0 Å². The molecular weight excluding hydrogens is 297 g/mol. The van der Waals surface area contributed by atoms with Gasteiger partial charge in [-0.05, 0) is 18.6 Å². The van der Waals surface area contributed by atoms with Crippen LogP contribution in [0.3, 0.4) is 0 Å². The number of benzene rings is 1. The van der Waals surface area contributed by atoms with Crippen LogP contribution in [0.5, 0.6) is 0 Å². The van der Waals surface area contributed by atoms with Crippen molar-refractivity contribution in [1.29, 1.82) is 0 Å². The average Bonchev–Trinajstić information content (AvgIpc) is 2.33. The minimum Gasteiger partial charge on any atom is -0.396 e. The predicted octanol–water partition coefficient (Wildman–Crippen LogP) is 2.39. The third kappa shape index (κ3) is 3.36. The zero-order valence-corrected chi connectivity index (χ0v) is 12.3. The SMILES string of the molecule is CCN(CCCO)S(=O)(=O)c1cccc(Cl)c1Cl. The highest BCUT2D eigenvalue weighted by molar-refractivity contribution is 7.89. The predicted molar refractivity (Wildman–Crippen MR) is 72.6 cm³/mol. The van der Waals surface area contributed by atoms with Crippen LogP contribution in [0.4, 0.5) is 0 Å². The molecule has 0 spiro atoms. The third-order valence-corrected chi connectivity index (χ3v) is 5.40. The number of halogens is 2. The minimum absolute atomic E-state index is 0.00328. The molecule has 0 saturated carbocycles. The van der Waals surface area contributed by atoms with Crippen molar-refractivity contribution in [2.24, 2.45) is 0 Å². The van der Waals surface area contributed by atoms with Gasteiger partial charge in [0.2, 0.25) is 10.0 Å². The average molecular weight is 312 g/mol. The molecule has 18 heavy (non-hydrogen) atoms. The van der Waals surface area contributed by atoms with Crippen LogP contribution in [0.25, 0.3) is 0 Å². The molecule has 102 valence electrons. The van der Waals surface area contributed by atoms with E-state index < -0.39 is 10.0 Å². The van der Waals surface area contributed by atoms with E-state index in [9.17, 15) is 8.42 Å². The van der Waals surface area contributed by atoms with Crippen LogP contribution >= 0.6 is 23.2 Å². The van der Waals surface area contributed by atoms with Gasteiger partial charge < -0.3 is 5.11 Å². The number of nitrogens with zero attached hydrogens (tertiary/aromatic N) is 1. The fraction of sp³-hybridized carbons (Fsp3) is 0.455. The molecule has 4 nitrogen and oxygen atoms in total. The molecule has 0 fully saturated rings. The molecule has 0 radical (unpaired) electrons. The maximum absolute atomic E-state index is 12.3. The van der Waals surface area contributed by atoms with Gasteiger partial charge in [-0.3, -0.25) is 0 Å². The molecule has 0 unspecified atom stereocenters. The molecule has 0 saturated heterocycles. The van der Waals surface area contributed by atoms with Gasteiger partial charge in [-0.25, -0.2) is 8.42 Å². The van der Waals surface area contributed by atoms with Gasteiger partial charge in [-0.2, -0.15) is 4.31 Å². The summed E-state index contributed by atoms with van der Waals surface area (Å²) in [6, 6.07) is 4.50. The van der Waals surface area contributed by atoms with Gasteiger partial charge in [-0.1, -0.05) is 36.2 Å². The monoisotopic (exact) mass is 311 g/mol. The maximum Gasteiger partial charge on any atom is 0.244 e. The molecule has 1 aromatic rings. The van der Waals surface area contributed by atoms with Crippen molar-refractivity contribution in [3.05, 3.63) is 28.2 Å². The Morgan fingerprint density at radius 3 is 2.56 bits per heavy atom. The molecule has 0 heterocycles. The Morgan fingerprint density at radius 1 is 1.33 bits per heavy atom. The van der Waals surface area contributed by atoms with Crippen LogP contribution in [0.2, 0.25) is 10.0 Å². The van der Waals surface area contributed by atoms with Gasteiger partial charge in [-0.15, -0.1) is 0 Å². The molecule has 0 aliphatic rings. The van der Waals surface area contributed by atoms with Crippen molar-refractivity contribution in [3.63, 3.8) is 0 Å². The summed E-state index contributed by atoms with van der Waals surface area (Å²) in [5.41, 5.74) is 0. The van der Waals surface area contributed by atoms with Crippen LogP contribution in [0, 0.1) is 0 Å². The molecular formula is C11H15Cl2NO3S. The van der Waals surface area contributed by atoms with E-state index in [4.69, 9.17) is 28.3 Å². The summed E-state index contributed by atoms with van der Waals surface area (Å²) in [6.45, 7) is 2.23.